The molecule has 0 saturated carbocycles. The van der Waals surface area contributed by atoms with Gasteiger partial charge in [-0.1, -0.05) is 0 Å². The third-order valence-corrected chi connectivity index (χ3v) is 10.8. The van der Waals surface area contributed by atoms with Gasteiger partial charge in [0.1, 0.15) is 0 Å². The van der Waals surface area contributed by atoms with Crippen LogP contribution in [0.2, 0.25) is 0 Å². The summed E-state index contributed by atoms with van der Waals surface area (Å²) in [7, 11) is 0.812. The first-order chi connectivity index (χ1) is 11.3. The zero-order chi connectivity index (χ0) is 15.6. The Morgan fingerprint density at radius 3 is 2.70 bits per heavy atom. The minimum atomic E-state index is -0.606. The van der Waals surface area contributed by atoms with E-state index in [1.807, 2.05) is 0 Å². The van der Waals surface area contributed by atoms with Gasteiger partial charge in [-0.3, -0.25) is 0 Å². The minimum absolute atomic E-state index is 0.606. The molecule has 2 aromatic rings. The quantitative estimate of drug-likeness (QED) is 0.617. The number of allylic oxidation sites excluding steroid dienone is 5. The number of benzene rings is 2. The average molecular weight is 394 g/mol. The molecule has 0 fully saturated rings. The molecule has 2 heteroatoms. The Bertz CT molecular complexity index is 829. The van der Waals surface area contributed by atoms with Crippen LogP contribution in [0, 0.1) is 6.92 Å². The molecule has 23 heavy (non-hydrogen) atoms. The number of hydrogen-bond donors (Lipinski definition) is 0. The van der Waals surface area contributed by atoms with Gasteiger partial charge < -0.3 is 0 Å². The monoisotopic (exact) mass is 392 g/mol. The first-order valence-electron chi connectivity index (χ1n) is 8.07. The van der Waals surface area contributed by atoms with E-state index in [0.717, 1.165) is 12.2 Å². The van der Waals surface area contributed by atoms with Crippen LogP contribution in [0.5, 0.6) is 0 Å². The molecule has 2 aliphatic rings. The van der Waals surface area contributed by atoms with Crippen LogP contribution in [0.1, 0.15) is 26.7 Å². The first kappa shape index (κ1) is 15.5. The van der Waals surface area contributed by atoms with Crippen LogP contribution in [0.3, 0.4) is 0 Å². The van der Waals surface area contributed by atoms with E-state index in [9.17, 15) is 0 Å². The van der Waals surface area contributed by atoms with Crippen LogP contribution in [-0.2, 0) is 23.2 Å². The van der Waals surface area contributed by atoms with Gasteiger partial charge >= 0.3 is 152 Å². The molecule has 112 valence electrons. The van der Waals surface area contributed by atoms with Crippen LogP contribution >= 0.6 is 8.58 Å². The van der Waals surface area contributed by atoms with E-state index in [4.69, 9.17) is 0 Å². The molecule has 0 amide bonds. The second kappa shape index (κ2) is 6.84. The summed E-state index contributed by atoms with van der Waals surface area (Å²) in [6.45, 7) is 2.24. The van der Waals surface area contributed by atoms with Gasteiger partial charge in [0.15, 0.2) is 0 Å². The Labute approximate surface area is 151 Å². The molecule has 0 saturated heterocycles. The third kappa shape index (κ3) is 3.28. The Hall–Kier alpha value is -1.03. The van der Waals surface area contributed by atoms with Crippen molar-refractivity contribution in [3.05, 3.63) is 92.0 Å². The molecular weight excluding hydrogens is 374 g/mol. The molecule has 0 bridgehead atoms. The number of hydrogen-bond acceptors (Lipinski definition) is 0. The van der Waals surface area contributed by atoms with E-state index in [-0.39, 0.29) is 0 Å². The van der Waals surface area contributed by atoms with Crippen molar-refractivity contribution in [2.45, 2.75) is 17.0 Å². The Morgan fingerprint density at radius 1 is 1.04 bits per heavy atom. The van der Waals surface area contributed by atoms with Crippen LogP contribution in [0.15, 0.2) is 75.4 Å². The van der Waals surface area contributed by atoms with Crippen molar-refractivity contribution >= 4 is 20.0 Å². The second-order valence-corrected chi connectivity index (χ2v) is 11.1. The molecule has 2 unspecified atom stereocenters. The Balaban J connectivity index is 1.65. The molecule has 0 spiro atoms. The van der Waals surface area contributed by atoms with Crippen molar-refractivity contribution < 1.29 is 23.2 Å². The molecule has 4 rings (SSSR count). The summed E-state index contributed by atoms with van der Waals surface area (Å²) in [4.78, 5) is 0. The SMILES string of the molecule is Cc1ccccc1PC1=Cc2ccccc2[CH]1[Zr][C]1=CC=CC1. The molecule has 2 aromatic carbocycles. The molecule has 2 atom stereocenters. The molecule has 0 nitrogen and oxygen atoms in total. The summed E-state index contributed by atoms with van der Waals surface area (Å²) < 4.78 is 2.45. The van der Waals surface area contributed by atoms with E-state index >= 15 is 0 Å². The van der Waals surface area contributed by atoms with Gasteiger partial charge in [-0.05, 0) is 0 Å². The second-order valence-electron chi connectivity index (χ2n) is 6.07. The zero-order valence-corrected chi connectivity index (χ0v) is 16.7. The van der Waals surface area contributed by atoms with Gasteiger partial charge in [0.25, 0.3) is 0 Å². The summed E-state index contributed by atoms with van der Waals surface area (Å²) in [5.41, 5.74) is 4.47. The zero-order valence-electron chi connectivity index (χ0n) is 13.2. The third-order valence-electron chi connectivity index (χ3n) is 4.45. The average Bonchev–Trinajstić information content (AvgIpc) is 3.19. The fourth-order valence-electron chi connectivity index (χ4n) is 3.20. The van der Waals surface area contributed by atoms with E-state index in [1.165, 1.54) is 22.9 Å². The predicted octanol–water partition coefficient (Wildman–Crippen LogP) is 5.32. The summed E-state index contributed by atoms with van der Waals surface area (Å²) in [6, 6.07) is 17.9. The Kier molecular flexibility index (Phi) is 4.61. The first-order valence-corrected chi connectivity index (χ1v) is 11.7. The van der Waals surface area contributed by atoms with Crippen LogP contribution in [-0.4, -0.2) is 0 Å². The van der Waals surface area contributed by atoms with Crippen molar-refractivity contribution in [1.82, 2.24) is 0 Å². The summed E-state index contributed by atoms with van der Waals surface area (Å²) >= 11 is -0.606. The van der Waals surface area contributed by atoms with Crippen molar-refractivity contribution in [2.75, 3.05) is 0 Å². The Morgan fingerprint density at radius 2 is 1.87 bits per heavy atom. The van der Waals surface area contributed by atoms with Gasteiger partial charge in [0.2, 0.25) is 0 Å². The van der Waals surface area contributed by atoms with Crippen LogP contribution < -0.4 is 5.30 Å². The number of fused-ring (bicyclic) bond motifs is 1. The molecule has 0 aromatic heterocycles. The molecule has 2 aliphatic carbocycles. The van der Waals surface area contributed by atoms with Gasteiger partial charge in [-0.25, -0.2) is 0 Å². The molecule has 0 radical (unpaired) electrons. The maximum absolute atomic E-state index is 2.48. The number of aryl methyl sites for hydroxylation is 1. The van der Waals surface area contributed by atoms with Gasteiger partial charge in [0.05, 0.1) is 0 Å². The standard InChI is InChI=1S/C16H14P.C5H5.Zr/c1-12-6-2-5-9-16(12)17-15-10-13-7-3-4-8-14(13)11-15;1-2-4-5-3-1;/h2-11,17H,1H3;1-3H,4H2;. The predicted molar refractivity (Wildman–Crippen MR) is 98.1 cm³/mol. The fourth-order valence-corrected chi connectivity index (χ4v) is 9.03. The fraction of sp³-hybridized carbons (Fsp3) is 0.143. The molecule has 0 heterocycles. The van der Waals surface area contributed by atoms with Crippen LogP contribution in [0.4, 0.5) is 0 Å². The molecular formula is C21H19PZr. The van der Waals surface area contributed by atoms with Crippen LogP contribution in [0.25, 0.3) is 6.08 Å². The van der Waals surface area contributed by atoms with E-state index < -0.39 is 23.2 Å². The van der Waals surface area contributed by atoms with E-state index in [1.54, 1.807) is 14.2 Å². The molecule has 0 N–H and O–H groups in total. The van der Waals surface area contributed by atoms with E-state index in [0.29, 0.717) is 0 Å². The molecule has 0 aliphatic heterocycles. The van der Waals surface area contributed by atoms with Crippen molar-refractivity contribution in [3.63, 3.8) is 0 Å². The van der Waals surface area contributed by atoms with Crippen molar-refractivity contribution in [3.8, 4) is 0 Å². The van der Waals surface area contributed by atoms with Gasteiger partial charge in [-0.2, -0.15) is 0 Å². The number of rotatable bonds is 4. The topological polar surface area (TPSA) is 0 Å². The van der Waals surface area contributed by atoms with Crippen molar-refractivity contribution in [1.29, 1.82) is 0 Å². The van der Waals surface area contributed by atoms with Gasteiger partial charge in [-0.15, -0.1) is 0 Å². The van der Waals surface area contributed by atoms with Crippen molar-refractivity contribution in [2.24, 2.45) is 0 Å². The van der Waals surface area contributed by atoms with E-state index in [2.05, 4.69) is 79.8 Å². The van der Waals surface area contributed by atoms with Gasteiger partial charge in [0, 0.05) is 0 Å². The summed E-state index contributed by atoms with van der Waals surface area (Å²) in [5, 5.41) is 3.18. The normalized spacial score (nSPS) is 19.1. The summed E-state index contributed by atoms with van der Waals surface area (Å²) in [6.07, 6.45) is 10.6. The summed E-state index contributed by atoms with van der Waals surface area (Å²) in [5.74, 6) is 0. The maximum atomic E-state index is 2.48.